The van der Waals surface area contributed by atoms with Crippen molar-refractivity contribution in [2.24, 2.45) is 0 Å². The third-order valence-corrected chi connectivity index (χ3v) is 3.14. The Balaban J connectivity index is 2.17. The molecule has 20 heavy (non-hydrogen) atoms. The average molecular weight is 269 g/mol. The van der Waals surface area contributed by atoms with E-state index in [0.717, 1.165) is 18.4 Å². The van der Waals surface area contributed by atoms with Gasteiger partial charge in [-0.15, -0.1) is 0 Å². The van der Waals surface area contributed by atoms with Crippen LogP contribution in [0, 0.1) is 0 Å². The van der Waals surface area contributed by atoms with E-state index in [1.807, 2.05) is 30.3 Å². The fraction of sp³-hybridized carbons (Fsp3) is 0.250. The molecule has 0 radical (unpaired) electrons. The van der Waals surface area contributed by atoms with E-state index in [2.05, 4.69) is 17.2 Å². The van der Waals surface area contributed by atoms with Gasteiger partial charge in [0.05, 0.1) is 11.7 Å². The van der Waals surface area contributed by atoms with Gasteiger partial charge < -0.3 is 11.1 Å². The van der Waals surface area contributed by atoms with Crippen LogP contribution in [-0.2, 0) is 0 Å². The first kappa shape index (κ1) is 14.1. The van der Waals surface area contributed by atoms with Gasteiger partial charge in [0.2, 0.25) is 0 Å². The predicted molar refractivity (Wildman–Crippen MR) is 80.2 cm³/mol. The first-order chi connectivity index (χ1) is 9.72. The van der Waals surface area contributed by atoms with Gasteiger partial charge in [0.25, 0.3) is 5.91 Å². The van der Waals surface area contributed by atoms with E-state index in [1.165, 1.54) is 0 Å². The van der Waals surface area contributed by atoms with Gasteiger partial charge in [-0.2, -0.15) is 0 Å². The molecule has 1 heterocycles. The largest absolute Gasteiger partial charge is 0.397 e. The maximum Gasteiger partial charge on any atom is 0.272 e. The molecule has 1 amide bonds. The van der Waals surface area contributed by atoms with Gasteiger partial charge >= 0.3 is 0 Å². The summed E-state index contributed by atoms with van der Waals surface area (Å²) in [6.45, 7) is 2.09. The van der Waals surface area contributed by atoms with Crippen LogP contribution in [0.1, 0.15) is 41.9 Å². The lowest BCUT2D eigenvalue weighted by atomic mass is 10.0. The van der Waals surface area contributed by atoms with Crippen LogP contribution in [0.2, 0.25) is 0 Å². The zero-order chi connectivity index (χ0) is 14.4. The lowest BCUT2D eigenvalue weighted by molar-refractivity contribution is 0.0930. The van der Waals surface area contributed by atoms with Gasteiger partial charge in [0.1, 0.15) is 0 Å². The van der Waals surface area contributed by atoms with E-state index in [1.54, 1.807) is 18.3 Å². The van der Waals surface area contributed by atoms with Crippen LogP contribution >= 0.6 is 0 Å². The number of carbonyl (C=O) groups is 1. The third kappa shape index (κ3) is 3.35. The minimum atomic E-state index is -0.231. The highest BCUT2D eigenvalue weighted by Crippen LogP contribution is 2.19. The summed E-state index contributed by atoms with van der Waals surface area (Å²) >= 11 is 0. The standard InChI is InChI=1S/C16H19N3O/c1-2-7-14(12-8-4-3-5-9-12)19-16(20)15-13(17)10-6-11-18-15/h3-6,8-11,14H,2,7,17H2,1H3,(H,19,20). The maximum absolute atomic E-state index is 12.3. The molecule has 2 aromatic rings. The lowest BCUT2D eigenvalue weighted by Crippen LogP contribution is -2.29. The van der Waals surface area contributed by atoms with Gasteiger partial charge in [-0.25, -0.2) is 4.98 Å². The minimum absolute atomic E-state index is 0.0184. The highest BCUT2D eigenvalue weighted by atomic mass is 16.1. The molecular weight excluding hydrogens is 250 g/mol. The number of nitrogen functional groups attached to an aromatic ring is 1. The smallest absolute Gasteiger partial charge is 0.272 e. The monoisotopic (exact) mass is 269 g/mol. The summed E-state index contributed by atoms with van der Waals surface area (Å²) in [5.74, 6) is -0.231. The van der Waals surface area contributed by atoms with Crippen LogP contribution in [0.5, 0.6) is 0 Å². The van der Waals surface area contributed by atoms with Crippen molar-refractivity contribution in [3.63, 3.8) is 0 Å². The van der Waals surface area contributed by atoms with Crippen LogP contribution in [0.25, 0.3) is 0 Å². The Bertz CT molecular complexity index is 569. The van der Waals surface area contributed by atoms with E-state index in [0.29, 0.717) is 5.69 Å². The van der Waals surface area contributed by atoms with Crippen molar-refractivity contribution in [1.29, 1.82) is 0 Å². The second-order valence-electron chi connectivity index (χ2n) is 4.67. The summed E-state index contributed by atoms with van der Waals surface area (Å²) in [6, 6.07) is 13.3. The topological polar surface area (TPSA) is 68.0 Å². The van der Waals surface area contributed by atoms with E-state index in [-0.39, 0.29) is 17.6 Å². The molecule has 4 nitrogen and oxygen atoms in total. The molecule has 1 aromatic carbocycles. The molecule has 1 atom stereocenters. The van der Waals surface area contributed by atoms with Crippen molar-refractivity contribution < 1.29 is 4.79 Å². The summed E-state index contributed by atoms with van der Waals surface area (Å²) in [5.41, 5.74) is 7.56. The second kappa shape index (κ2) is 6.70. The van der Waals surface area contributed by atoms with E-state index < -0.39 is 0 Å². The molecule has 0 spiro atoms. The molecule has 0 saturated carbocycles. The summed E-state index contributed by atoms with van der Waals surface area (Å²) in [6.07, 6.45) is 3.43. The molecule has 2 rings (SSSR count). The Labute approximate surface area is 119 Å². The fourth-order valence-corrected chi connectivity index (χ4v) is 2.13. The highest BCUT2D eigenvalue weighted by molar-refractivity contribution is 5.97. The molecular formula is C16H19N3O. The third-order valence-electron chi connectivity index (χ3n) is 3.14. The number of benzene rings is 1. The van der Waals surface area contributed by atoms with Crippen molar-refractivity contribution in [3.8, 4) is 0 Å². The minimum Gasteiger partial charge on any atom is -0.397 e. The zero-order valence-corrected chi connectivity index (χ0v) is 11.5. The van der Waals surface area contributed by atoms with Crippen molar-refractivity contribution >= 4 is 11.6 Å². The number of rotatable bonds is 5. The summed E-state index contributed by atoms with van der Waals surface area (Å²) in [5, 5.41) is 3.01. The second-order valence-corrected chi connectivity index (χ2v) is 4.67. The van der Waals surface area contributed by atoms with Crippen LogP contribution < -0.4 is 11.1 Å². The number of nitrogens with one attached hydrogen (secondary N) is 1. The molecule has 0 fully saturated rings. The van der Waals surface area contributed by atoms with E-state index in [4.69, 9.17) is 5.73 Å². The zero-order valence-electron chi connectivity index (χ0n) is 11.5. The molecule has 1 unspecified atom stereocenters. The van der Waals surface area contributed by atoms with Crippen molar-refractivity contribution in [3.05, 3.63) is 59.9 Å². The SMILES string of the molecule is CCCC(NC(=O)c1ncccc1N)c1ccccc1. The number of hydrogen-bond donors (Lipinski definition) is 2. The van der Waals surface area contributed by atoms with E-state index in [9.17, 15) is 4.79 Å². The molecule has 4 heteroatoms. The van der Waals surface area contributed by atoms with Crippen LogP contribution in [0.15, 0.2) is 48.7 Å². The van der Waals surface area contributed by atoms with Crippen molar-refractivity contribution in [2.75, 3.05) is 5.73 Å². The van der Waals surface area contributed by atoms with Gasteiger partial charge in [-0.05, 0) is 24.1 Å². The average Bonchev–Trinajstić information content (AvgIpc) is 2.48. The quantitative estimate of drug-likeness (QED) is 0.877. The lowest BCUT2D eigenvalue weighted by Gasteiger charge is -2.18. The number of amides is 1. The molecule has 0 aliphatic heterocycles. The molecule has 104 valence electrons. The van der Waals surface area contributed by atoms with Crippen molar-refractivity contribution in [2.45, 2.75) is 25.8 Å². The molecule has 0 aliphatic carbocycles. The molecule has 0 saturated heterocycles. The number of aromatic nitrogens is 1. The number of hydrogen-bond acceptors (Lipinski definition) is 3. The Morgan fingerprint density at radius 1 is 1.25 bits per heavy atom. The Morgan fingerprint density at radius 2 is 2.00 bits per heavy atom. The van der Waals surface area contributed by atoms with Crippen molar-refractivity contribution in [1.82, 2.24) is 10.3 Å². The maximum atomic E-state index is 12.3. The van der Waals surface area contributed by atoms with Gasteiger partial charge in [-0.3, -0.25) is 4.79 Å². The first-order valence-electron chi connectivity index (χ1n) is 6.78. The highest BCUT2D eigenvalue weighted by Gasteiger charge is 2.17. The van der Waals surface area contributed by atoms with Gasteiger partial charge in [-0.1, -0.05) is 43.7 Å². The Hall–Kier alpha value is -2.36. The molecule has 3 N–H and O–H groups in total. The summed E-state index contributed by atoms with van der Waals surface area (Å²) < 4.78 is 0. The molecule has 1 aromatic heterocycles. The molecule has 0 bridgehead atoms. The van der Waals surface area contributed by atoms with Gasteiger partial charge in [0, 0.05) is 6.20 Å². The molecule has 0 aliphatic rings. The number of nitrogens with two attached hydrogens (primary N) is 1. The number of carbonyl (C=O) groups excluding carboxylic acids is 1. The number of nitrogens with zero attached hydrogens (tertiary/aromatic N) is 1. The van der Waals surface area contributed by atoms with Crippen LogP contribution in [0.4, 0.5) is 5.69 Å². The predicted octanol–water partition coefficient (Wildman–Crippen LogP) is 2.94. The Morgan fingerprint density at radius 3 is 2.65 bits per heavy atom. The summed E-state index contributed by atoms with van der Waals surface area (Å²) in [7, 11) is 0. The fourth-order valence-electron chi connectivity index (χ4n) is 2.13. The number of pyridine rings is 1. The van der Waals surface area contributed by atoms with E-state index >= 15 is 0 Å². The summed E-state index contributed by atoms with van der Waals surface area (Å²) in [4.78, 5) is 16.3. The number of anilines is 1. The normalized spacial score (nSPS) is 11.8. The first-order valence-corrected chi connectivity index (χ1v) is 6.78. The van der Waals surface area contributed by atoms with Crippen LogP contribution in [-0.4, -0.2) is 10.9 Å². The van der Waals surface area contributed by atoms with Crippen LogP contribution in [0.3, 0.4) is 0 Å². The Kier molecular flexibility index (Phi) is 4.71. The van der Waals surface area contributed by atoms with Gasteiger partial charge in [0.15, 0.2) is 5.69 Å².